The zero-order chi connectivity index (χ0) is 13.0. The maximum atomic E-state index is 13.4. The van der Waals surface area contributed by atoms with Gasteiger partial charge in [-0.1, -0.05) is 29.9 Å². The average Bonchev–Trinajstić information content (AvgIpc) is 2.22. The molecule has 0 aliphatic carbocycles. The molecule has 1 rings (SSSR count). The van der Waals surface area contributed by atoms with Gasteiger partial charge in [0.05, 0.1) is 18.0 Å². The molecule has 0 bridgehead atoms. The first-order chi connectivity index (χ1) is 7.91. The van der Waals surface area contributed by atoms with Crippen LogP contribution in [-0.4, -0.2) is 29.4 Å². The van der Waals surface area contributed by atoms with Crippen molar-refractivity contribution in [2.75, 3.05) is 13.6 Å². The van der Waals surface area contributed by atoms with Crippen molar-refractivity contribution >= 4 is 34.7 Å². The van der Waals surface area contributed by atoms with E-state index in [1.807, 2.05) is 0 Å². The molecule has 0 aliphatic rings. The van der Waals surface area contributed by atoms with E-state index in [2.05, 4.69) is 0 Å². The molecule has 1 amide bonds. The molecule has 0 aromatic heterocycles. The lowest BCUT2D eigenvalue weighted by Gasteiger charge is -2.16. The number of thiocarbonyl (C=S) groups is 1. The van der Waals surface area contributed by atoms with Crippen LogP contribution in [0.25, 0.3) is 0 Å². The van der Waals surface area contributed by atoms with E-state index in [4.69, 9.17) is 29.6 Å². The molecule has 0 radical (unpaired) electrons. The zero-order valence-electron chi connectivity index (χ0n) is 9.24. The molecule has 2 N–H and O–H groups in total. The molecule has 0 atom stereocenters. The summed E-state index contributed by atoms with van der Waals surface area (Å²) in [6, 6.07) is 4.30. The van der Waals surface area contributed by atoms with Crippen LogP contribution in [0.5, 0.6) is 0 Å². The summed E-state index contributed by atoms with van der Waals surface area (Å²) in [6.45, 7) is 0.167. The number of nitrogens with two attached hydrogens (primary N) is 1. The van der Waals surface area contributed by atoms with Gasteiger partial charge >= 0.3 is 0 Å². The molecule has 0 saturated heterocycles. The quantitative estimate of drug-likeness (QED) is 0.851. The van der Waals surface area contributed by atoms with Crippen molar-refractivity contribution in [2.24, 2.45) is 5.73 Å². The fourth-order valence-corrected chi connectivity index (χ4v) is 1.73. The number of hydrogen-bond donors (Lipinski definition) is 1. The van der Waals surface area contributed by atoms with E-state index in [-0.39, 0.29) is 34.4 Å². The van der Waals surface area contributed by atoms with Crippen molar-refractivity contribution in [2.45, 2.75) is 6.42 Å². The van der Waals surface area contributed by atoms with Crippen molar-refractivity contribution in [3.05, 3.63) is 34.6 Å². The van der Waals surface area contributed by atoms with Crippen molar-refractivity contribution in [3.8, 4) is 0 Å². The summed E-state index contributed by atoms with van der Waals surface area (Å²) < 4.78 is 13.4. The van der Waals surface area contributed by atoms with Gasteiger partial charge in [-0.15, -0.1) is 0 Å². The van der Waals surface area contributed by atoms with Gasteiger partial charge in [0, 0.05) is 17.6 Å². The van der Waals surface area contributed by atoms with Gasteiger partial charge in [-0.3, -0.25) is 4.79 Å². The molecule has 3 nitrogen and oxygen atoms in total. The number of carbonyl (C=O) groups is 1. The van der Waals surface area contributed by atoms with Crippen LogP contribution in [-0.2, 0) is 11.2 Å². The monoisotopic (exact) mass is 274 g/mol. The van der Waals surface area contributed by atoms with Gasteiger partial charge in [0.15, 0.2) is 0 Å². The molecule has 0 heterocycles. The number of hydrogen-bond acceptors (Lipinski definition) is 2. The fourth-order valence-electron chi connectivity index (χ4n) is 1.31. The van der Waals surface area contributed by atoms with Gasteiger partial charge < -0.3 is 10.6 Å². The number of halogens is 2. The first-order valence-electron chi connectivity index (χ1n) is 4.87. The summed E-state index contributed by atoms with van der Waals surface area (Å²) in [7, 11) is 1.55. The fraction of sp³-hybridized carbons (Fsp3) is 0.273. The summed E-state index contributed by atoms with van der Waals surface area (Å²) in [4.78, 5) is 13.3. The van der Waals surface area contributed by atoms with Gasteiger partial charge in [-0.25, -0.2) is 4.39 Å². The number of likely N-dealkylation sites (N-methyl/N-ethyl adjacent to an activating group) is 1. The summed E-state index contributed by atoms with van der Waals surface area (Å²) in [6.07, 6.45) is -0.107. The van der Waals surface area contributed by atoms with Crippen molar-refractivity contribution in [1.82, 2.24) is 4.90 Å². The average molecular weight is 275 g/mol. The first-order valence-corrected chi connectivity index (χ1v) is 5.65. The predicted octanol–water partition coefficient (Wildman–Crippen LogP) is 1.77. The van der Waals surface area contributed by atoms with Crippen molar-refractivity contribution < 1.29 is 9.18 Å². The standard InChI is InChI=1S/C11H12ClFN2OS/c1-15(6-10(14)17)11(16)5-7-8(12)3-2-4-9(7)13/h2-4H,5-6H2,1H3,(H2,14,17). The minimum absolute atomic E-state index is 0.107. The van der Waals surface area contributed by atoms with E-state index in [0.717, 1.165) is 0 Å². The number of amides is 1. The third kappa shape index (κ3) is 3.94. The second kappa shape index (κ2) is 5.93. The summed E-state index contributed by atoms with van der Waals surface area (Å²) in [5.74, 6) is -0.778. The van der Waals surface area contributed by atoms with Crippen LogP contribution in [0.4, 0.5) is 4.39 Å². The molecule has 0 unspecified atom stereocenters. The lowest BCUT2D eigenvalue weighted by atomic mass is 10.1. The van der Waals surface area contributed by atoms with Crippen LogP contribution in [0, 0.1) is 5.82 Å². The van der Waals surface area contributed by atoms with Crippen molar-refractivity contribution in [3.63, 3.8) is 0 Å². The second-order valence-electron chi connectivity index (χ2n) is 3.59. The topological polar surface area (TPSA) is 46.3 Å². The number of nitrogens with zero attached hydrogens (tertiary/aromatic N) is 1. The van der Waals surface area contributed by atoms with Gasteiger partial charge in [0.25, 0.3) is 0 Å². The Balaban J connectivity index is 2.78. The van der Waals surface area contributed by atoms with Crippen LogP contribution < -0.4 is 5.73 Å². The van der Waals surface area contributed by atoms with Crippen LogP contribution in [0.3, 0.4) is 0 Å². The van der Waals surface area contributed by atoms with E-state index < -0.39 is 5.82 Å². The Kier molecular flexibility index (Phi) is 4.84. The third-order valence-corrected chi connectivity index (χ3v) is 2.69. The molecule has 0 saturated carbocycles. The molecular formula is C11H12ClFN2OS. The van der Waals surface area contributed by atoms with Crippen LogP contribution in [0.15, 0.2) is 18.2 Å². The summed E-state index contributed by atoms with van der Waals surface area (Å²) >= 11 is 10.5. The van der Waals surface area contributed by atoms with Gasteiger partial charge in [0.1, 0.15) is 5.82 Å². The Bertz CT molecular complexity index is 433. The smallest absolute Gasteiger partial charge is 0.227 e. The van der Waals surface area contributed by atoms with Crippen LogP contribution in [0.2, 0.25) is 5.02 Å². The Morgan fingerprint density at radius 2 is 2.24 bits per heavy atom. The number of carbonyl (C=O) groups excluding carboxylic acids is 1. The molecular weight excluding hydrogens is 263 g/mol. The Labute approximate surface area is 109 Å². The van der Waals surface area contributed by atoms with E-state index in [0.29, 0.717) is 0 Å². The molecule has 1 aromatic rings. The molecule has 92 valence electrons. The highest BCUT2D eigenvalue weighted by atomic mass is 35.5. The van der Waals surface area contributed by atoms with E-state index in [9.17, 15) is 9.18 Å². The van der Waals surface area contributed by atoms with Gasteiger partial charge in [-0.2, -0.15) is 0 Å². The lowest BCUT2D eigenvalue weighted by Crippen LogP contribution is -2.35. The van der Waals surface area contributed by atoms with Crippen LogP contribution >= 0.6 is 23.8 Å². The van der Waals surface area contributed by atoms with Gasteiger partial charge in [-0.05, 0) is 12.1 Å². The highest BCUT2D eigenvalue weighted by Crippen LogP contribution is 2.19. The first kappa shape index (κ1) is 13.9. The largest absolute Gasteiger partial charge is 0.392 e. The maximum absolute atomic E-state index is 13.4. The van der Waals surface area contributed by atoms with E-state index in [1.54, 1.807) is 13.1 Å². The molecule has 0 aliphatic heterocycles. The Morgan fingerprint density at radius 3 is 2.76 bits per heavy atom. The molecule has 0 fully saturated rings. The zero-order valence-corrected chi connectivity index (χ0v) is 10.8. The van der Waals surface area contributed by atoms with E-state index in [1.165, 1.54) is 17.0 Å². The minimum atomic E-state index is -0.491. The Morgan fingerprint density at radius 1 is 1.59 bits per heavy atom. The highest BCUT2D eigenvalue weighted by molar-refractivity contribution is 7.80. The van der Waals surface area contributed by atoms with Crippen LogP contribution in [0.1, 0.15) is 5.56 Å². The molecule has 6 heteroatoms. The lowest BCUT2D eigenvalue weighted by molar-refractivity contribution is -0.128. The second-order valence-corrected chi connectivity index (χ2v) is 4.52. The predicted molar refractivity (Wildman–Crippen MR) is 69.5 cm³/mol. The van der Waals surface area contributed by atoms with Gasteiger partial charge in [0.2, 0.25) is 5.91 Å². The number of rotatable bonds is 4. The SMILES string of the molecule is CN(CC(N)=S)C(=O)Cc1c(F)cccc1Cl. The highest BCUT2D eigenvalue weighted by Gasteiger charge is 2.15. The number of benzene rings is 1. The third-order valence-electron chi connectivity index (χ3n) is 2.21. The van der Waals surface area contributed by atoms with Crippen molar-refractivity contribution in [1.29, 1.82) is 0 Å². The minimum Gasteiger partial charge on any atom is -0.392 e. The molecule has 17 heavy (non-hydrogen) atoms. The normalized spacial score (nSPS) is 10.1. The summed E-state index contributed by atoms with van der Waals surface area (Å²) in [5.41, 5.74) is 5.51. The maximum Gasteiger partial charge on any atom is 0.227 e. The molecule has 1 aromatic carbocycles. The summed E-state index contributed by atoms with van der Waals surface area (Å²) in [5, 5.41) is 0.238. The molecule has 0 spiro atoms. The Hall–Kier alpha value is -1.20. The van der Waals surface area contributed by atoms with E-state index >= 15 is 0 Å².